The molecule has 1 aliphatic heterocycles. The molecule has 5 nitrogen and oxygen atoms in total. The third kappa shape index (κ3) is 8.24. The largest absolute Gasteiger partial charge is 0.573 e. The fraction of sp³-hybridized carbons (Fsp3) is 0.381. The number of ether oxygens (including phenoxy) is 2. The van der Waals surface area contributed by atoms with Gasteiger partial charge < -0.3 is 19.7 Å². The van der Waals surface area contributed by atoms with Crippen molar-refractivity contribution in [2.45, 2.75) is 25.3 Å². The summed E-state index contributed by atoms with van der Waals surface area (Å²) in [6.45, 7) is 2.61. The molecule has 1 N–H and O–H groups in total. The van der Waals surface area contributed by atoms with Gasteiger partial charge in [0.2, 0.25) is 0 Å². The van der Waals surface area contributed by atoms with Gasteiger partial charge in [0.1, 0.15) is 17.6 Å². The van der Waals surface area contributed by atoms with Crippen molar-refractivity contribution < 1.29 is 27.4 Å². The van der Waals surface area contributed by atoms with Gasteiger partial charge in [0.25, 0.3) is 5.91 Å². The van der Waals surface area contributed by atoms with Crippen LogP contribution in [0, 0.1) is 0 Å². The first-order valence-electron chi connectivity index (χ1n) is 9.68. The summed E-state index contributed by atoms with van der Waals surface area (Å²) in [7, 11) is 0. The van der Waals surface area contributed by atoms with Gasteiger partial charge in [-0.2, -0.15) is 0 Å². The van der Waals surface area contributed by atoms with E-state index in [0.29, 0.717) is 28.9 Å². The van der Waals surface area contributed by atoms with E-state index in [2.05, 4.69) is 15.0 Å². The number of carbonyl (C=O) groups excluding carboxylic acids is 1. The van der Waals surface area contributed by atoms with E-state index in [-0.39, 0.29) is 24.1 Å². The number of amides is 1. The number of benzene rings is 2. The molecular formula is C21H22Cl3F3N2O3. The maximum atomic E-state index is 12.3. The van der Waals surface area contributed by atoms with Crippen LogP contribution in [0.15, 0.2) is 42.5 Å². The van der Waals surface area contributed by atoms with Crippen LogP contribution in [0.4, 0.5) is 13.2 Å². The third-order valence-corrected chi connectivity index (χ3v) is 5.51. The molecule has 32 heavy (non-hydrogen) atoms. The molecule has 0 unspecified atom stereocenters. The lowest BCUT2D eigenvalue weighted by Crippen LogP contribution is -2.42. The Bertz CT molecular complexity index is 907. The molecule has 3 rings (SSSR count). The smallest absolute Gasteiger partial charge is 0.490 e. The molecule has 176 valence electrons. The molecule has 1 fully saturated rings. The van der Waals surface area contributed by atoms with E-state index >= 15 is 0 Å². The molecule has 0 atom stereocenters. The number of rotatable bonds is 7. The molecule has 0 bridgehead atoms. The molecule has 1 aliphatic rings. The monoisotopic (exact) mass is 512 g/mol. The van der Waals surface area contributed by atoms with Gasteiger partial charge in [0, 0.05) is 37.8 Å². The summed E-state index contributed by atoms with van der Waals surface area (Å²) >= 11 is 11.9. The van der Waals surface area contributed by atoms with Gasteiger partial charge in [0.05, 0.1) is 10.0 Å². The second-order valence-corrected chi connectivity index (χ2v) is 7.88. The molecule has 0 saturated carbocycles. The molecule has 1 heterocycles. The van der Waals surface area contributed by atoms with Crippen LogP contribution in [0.5, 0.6) is 11.5 Å². The van der Waals surface area contributed by atoms with Crippen LogP contribution in [0.2, 0.25) is 10.0 Å². The summed E-state index contributed by atoms with van der Waals surface area (Å²) in [5.41, 5.74) is 0.107. The maximum Gasteiger partial charge on any atom is 0.573 e. The fourth-order valence-corrected chi connectivity index (χ4v) is 3.55. The highest BCUT2D eigenvalue weighted by Gasteiger charge is 2.31. The Morgan fingerprint density at radius 3 is 2.44 bits per heavy atom. The average molecular weight is 514 g/mol. The van der Waals surface area contributed by atoms with Gasteiger partial charge in [-0.25, -0.2) is 0 Å². The van der Waals surface area contributed by atoms with Crippen LogP contribution in [-0.4, -0.2) is 49.5 Å². The van der Waals surface area contributed by atoms with Gasteiger partial charge in [-0.1, -0.05) is 29.3 Å². The van der Waals surface area contributed by atoms with Crippen LogP contribution in [0.25, 0.3) is 0 Å². The zero-order valence-corrected chi connectivity index (χ0v) is 19.2. The predicted molar refractivity (Wildman–Crippen MR) is 119 cm³/mol. The first-order valence-corrected chi connectivity index (χ1v) is 10.4. The lowest BCUT2D eigenvalue weighted by molar-refractivity contribution is -0.274. The molecule has 0 aliphatic carbocycles. The zero-order chi connectivity index (χ0) is 22.4. The van der Waals surface area contributed by atoms with E-state index in [1.54, 1.807) is 18.2 Å². The third-order valence-electron chi connectivity index (χ3n) is 4.77. The zero-order valence-electron chi connectivity index (χ0n) is 16.8. The topological polar surface area (TPSA) is 50.8 Å². The van der Waals surface area contributed by atoms with Crippen molar-refractivity contribution in [2.75, 3.05) is 26.2 Å². The van der Waals surface area contributed by atoms with E-state index in [0.717, 1.165) is 38.1 Å². The summed E-state index contributed by atoms with van der Waals surface area (Å²) in [4.78, 5) is 14.4. The number of hydrogen-bond acceptors (Lipinski definition) is 4. The van der Waals surface area contributed by atoms with Gasteiger partial charge in [-0.3, -0.25) is 4.79 Å². The highest BCUT2D eigenvalue weighted by atomic mass is 35.5. The van der Waals surface area contributed by atoms with Crippen molar-refractivity contribution in [3.05, 3.63) is 58.1 Å². The number of nitrogens with one attached hydrogen (secondary N) is 1. The number of hydrogen-bond donors (Lipinski definition) is 1. The Balaban J connectivity index is 0.00000363. The van der Waals surface area contributed by atoms with Crippen molar-refractivity contribution in [2.24, 2.45) is 0 Å². The minimum Gasteiger partial charge on any atom is -0.490 e. The van der Waals surface area contributed by atoms with Gasteiger partial charge in [-0.15, -0.1) is 25.6 Å². The van der Waals surface area contributed by atoms with Gasteiger partial charge in [-0.05, 0) is 43.2 Å². The fourth-order valence-electron chi connectivity index (χ4n) is 3.26. The molecule has 0 radical (unpaired) electrons. The number of carbonyl (C=O) groups is 1. The predicted octanol–water partition coefficient (Wildman–Crippen LogP) is 5.59. The number of nitrogens with zero attached hydrogens (tertiary/aromatic N) is 1. The highest BCUT2D eigenvalue weighted by Crippen LogP contribution is 2.28. The quantitative estimate of drug-likeness (QED) is 0.525. The molecular weight excluding hydrogens is 492 g/mol. The Kier molecular flexibility index (Phi) is 9.76. The van der Waals surface area contributed by atoms with Crippen LogP contribution < -0.4 is 14.8 Å². The van der Waals surface area contributed by atoms with Crippen LogP contribution in [0.1, 0.15) is 23.2 Å². The van der Waals surface area contributed by atoms with Crippen LogP contribution in [0.3, 0.4) is 0 Å². The lowest BCUT2D eigenvalue weighted by Gasteiger charge is -2.32. The lowest BCUT2D eigenvalue weighted by atomic mass is 10.1. The van der Waals surface area contributed by atoms with Crippen molar-refractivity contribution in [1.82, 2.24) is 10.2 Å². The van der Waals surface area contributed by atoms with Crippen LogP contribution >= 0.6 is 35.6 Å². The van der Waals surface area contributed by atoms with Crippen molar-refractivity contribution in [3.8, 4) is 11.5 Å². The summed E-state index contributed by atoms with van der Waals surface area (Å²) < 4.78 is 46.8. The maximum absolute atomic E-state index is 12.3. The molecule has 11 heteroatoms. The number of alkyl halides is 3. The second kappa shape index (κ2) is 11.8. The Morgan fingerprint density at radius 2 is 1.78 bits per heavy atom. The van der Waals surface area contributed by atoms with E-state index in [4.69, 9.17) is 27.9 Å². The highest BCUT2D eigenvalue weighted by molar-refractivity contribution is 6.42. The van der Waals surface area contributed by atoms with Crippen molar-refractivity contribution >= 4 is 41.5 Å². The molecule has 2 aromatic carbocycles. The van der Waals surface area contributed by atoms with Crippen molar-refractivity contribution in [3.63, 3.8) is 0 Å². The number of piperidine rings is 1. The SMILES string of the molecule is Cl.O=C(NCCN1CCC(Oc2ccc(Cl)c(Cl)c2)CC1)c1cccc(OC(F)(F)F)c1. The Morgan fingerprint density at radius 1 is 1.06 bits per heavy atom. The standard InChI is InChI=1S/C21H21Cl2F3N2O3.ClH/c22-18-5-4-16(13-19(18)23)30-15-6-9-28(10-7-15)11-8-27-20(29)14-2-1-3-17(12-14)31-21(24,25)26;/h1-5,12-13,15H,6-11H2,(H,27,29);1H. The minimum atomic E-state index is -4.80. The van der Waals surface area contributed by atoms with E-state index in [9.17, 15) is 18.0 Å². The summed E-state index contributed by atoms with van der Waals surface area (Å²) in [6, 6.07) is 10.2. The first kappa shape index (κ1) is 26.4. The number of likely N-dealkylation sites (tertiary alicyclic amines) is 1. The van der Waals surface area contributed by atoms with Crippen molar-refractivity contribution in [1.29, 1.82) is 0 Å². The molecule has 1 amide bonds. The summed E-state index contributed by atoms with van der Waals surface area (Å²) in [5.74, 6) is -0.202. The first-order chi connectivity index (χ1) is 14.7. The van der Waals surface area contributed by atoms with Gasteiger partial charge >= 0.3 is 6.36 Å². The molecule has 1 saturated heterocycles. The van der Waals surface area contributed by atoms with E-state index in [1.165, 1.54) is 12.1 Å². The Hall–Kier alpha value is -1.87. The van der Waals surface area contributed by atoms with E-state index in [1.807, 2.05) is 0 Å². The molecule has 2 aromatic rings. The average Bonchev–Trinajstić information content (AvgIpc) is 2.71. The summed E-state index contributed by atoms with van der Waals surface area (Å²) in [6.07, 6.45) is -3.08. The van der Waals surface area contributed by atoms with Gasteiger partial charge in [0.15, 0.2) is 0 Å². The van der Waals surface area contributed by atoms with Crippen LogP contribution in [-0.2, 0) is 0 Å². The minimum absolute atomic E-state index is 0. The summed E-state index contributed by atoms with van der Waals surface area (Å²) in [5, 5.41) is 3.65. The Labute approximate surface area is 200 Å². The van der Waals surface area contributed by atoms with E-state index < -0.39 is 18.0 Å². The number of halogens is 6. The normalized spacial score (nSPS) is 15.0. The molecule has 0 aromatic heterocycles. The second-order valence-electron chi connectivity index (χ2n) is 7.07. The molecule has 0 spiro atoms.